The van der Waals surface area contributed by atoms with Crippen LogP contribution in [0.1, 0.15) is 34.2 Å². The van der Waals surface area contributed by atoms with E-state index in [9.17, 15) is 4.79 Å². The van der Waals surface area contributed by atoms with Crippen molar-refractivity contribution in [3.05, 3.63) is 76.1 Å². The zero-order chi connectivity index (χ0) is 22.4. The number of aliphatic imine (C=N–C) groups is 1. The Morgan fingerprint density at radius 1 is 1.19 bits per heavy atom. The van der Waals surface area contributed by atoms with E-state index in [1.807, 2.05) is 56.8 Å². The van der Waals surface area contributed by atoms with Crippen LogP contribution < -0.4 is 15.4 Å². The van der Waals surface area contributed by atoms with Gasteiger partial charge < -0.3 is 10.1 Å². The third kappa shape index (κ3) is 5.86. The van der Waals surface area contributed by atoms with E-state index in [0.717, 1.165) is 28.4 Å². The van der Waals surface area contributed by atoms with Gasteiger partial charge in [0.1, 0.15) is 5.75 Å². The van der Waals surface area contributed by atoms with Crippen molar-refractivity contribution in [3.8, 4) is 5.75 Å². The number of aromatic nitrogens is 2. The molecule has 0 bridgehead atoms. The molecule has 1 aromatic heterocycles. The summed E-state index contributed by atoms with van der Waals surface area (Å²) in [5.74, 6) is 0.798. The van der Waals surface area contributed by atoms with Crippen molar-refractivity contribution in [2.45, 2.75) is 27.3 Å². The first-order chi connectivity index (χ1) is 14.9. The molecule has 7 nitrogen and oxygen atoms in total. The number of halogens is 1. The quantitative estimate of drug-likeness (QED) is 0.438. The Labute approximate surface area is 187 Å². The lowest BCUT2D eigenvalue weighted by atomic mass is 10.2. The fraction of sp³-hybridized carbons (Fsp3) is 0.261. The number of guanidine groups is 1. The Kier molecular flexibility index (Phi) is 7.31. The predicted molar refractivity (Wildman–Crippen MR) is 124 cm³/mol. The molecule has 31 heavy (non-hydrogen) atoms. The van der Waals surface area contributed by atoms with E-state index in [1.54, 1.807) is 24.3 Å². The van der Waals surface area contributed by atoms with Crippen molar-refractivity contribution in [3.63, 3.8) is 0 Å². The van der Waals surface area contributed by atoms with Crippen molar-refractivity contribution < 1.29 is 9.53 Å². The Balaban J connectivity index is 1.84. The molecule has 0 unspecified atom stereocenters. The molecular formula is C23H26ClN5O2. The third-order valence-electron chi connectivity index (χ3n) is 4.80. The molecule has 1 heterocycles. The molecule has 0 spiro atoms. The Morgan fingerprint density at radius 2 is 1.94 bits per heavy atom. The number of benzene rings is 2. The van der Waals surface area contributed by atoms with Gasteiger partial charge in [0.05, 0.1) is 18.8 Å². The zero-order valence-corrected chi connectivity index (χ0v) is 18.8. The standard InChI is InChI=1S/C23H26ClN5O2/c1-5-31-20-11-9-19(10-12-20)26-23(25-14-21-15(2)28-29(4)16(21)3)27-22(30)17-7-6-8-18(24)13-17/h6-13H,5,14H2,1-4H3,(H2,25,26,27,30). The summed E-state index contributed by atoms with van der Waals surface area (Å²) in [6, 6.07) is 14.2. The van der Waals surface area contributed by atoms with E-state index in [0.29, 0.717) is 29.7 Å². The van der Waals surface area contributed by atoms with Crippen molar-refractivity contribution in [1.82, 2.24) is 15.1 Å². The van der Waals surface area contributed by atoms with Crippen molar-refractivity contribution in [1.29, 1.82) is 0 Å². The molecule has 0 aliphatic rings. The smallest absolute Gasteiger partial charge is 0.258 e. The van der Waals surface area contributed by atoms with E-state index < -0.39 is 0 Å². The molecule has 2 N–H and O–H groups in total. The maximum atomic E-state index is 12.8. The van der Waals surface area contributed by atoms with Crippen LogP contribution in [0.2, 0.25) is 5.02 Å². The average Bonchev–Trinajstić information content (AvgIpc) is 2.99. The molecule has 8 heteroatoms. The number of hydrogen-bond donors (Lipinski definition) is 2. The van der Waals surface area contributed by atoms with Gasteiger partial charge in [-0.2, -0.15) is 5.10 Å². The second-order valence-corrected chi connectivity index (χ2v) is 7.42. The minimum absolute atomic E-state index is 0.306. The maximum Gasteiger partial charge on any atom is 0.258 e. The van der Waals surface area contributed by atoms with E-state index in [2.05, 4.69) is 20.7 Å². The van der Waals surface area contributed by atoms with Gasteiger partial charge in [-0.1, -0.05) is 17.7 Å². The topological polar surface area (TPSA) is 80.5 Å². The number of carbonyl (C=O) groups is 1. The molecule has 3 aromatic rings. The van der Waals surface area contributed by atoms with E-state index in [-0.39, 0.29) is 5.91 Å². The summed E-state index contributed by atoms with van der Waals surface area (Å²) in [6.45, 7) is 6.85. The monoisotopic (exact) mass is 439 g/mol. The lowest BCUT2D eigenvalue weighted by Gasteiger charge is -2.13. The average molecular weight is 440 g/mol. The molecule has 0 saturated heterocycles. The Hall–Kier alpha value is -3.32. The lowest BCUT2D eigenvalue weighted by molar-refractivity contribution is 0.0977. The van der Waals surface area contributed by atoms with E-state index in [4.69, 9.17) is 16.3 Å². The Morgan fingerprint density at radius 3 is 2.55 bits per heavy atom. The number of anilines is 1. The van der Waals surface area contributed by atoms with Gasteiger partial charge in [-0.3, -0.25) is 14.8 Å². The maximum absolute atomic E-state index is 12.8. The minimum atomic E-state index is -0.306. The van der Waals surface area contributed by atoms with Crippen LogP contribution in [-0.4, -0.2) is 28.3 Å². The molecule has 2 aromatic carbocycles. The van der Waals surface area contributed by atoms with Gasteiger partial charge in [-0.25, -0.2) is 4.99 Å². The summed E-state index contributed by atoms with van der Waals surface area (Å²) in [6.07, 6.45) is 0. The number of ether oxygens (including phenoxy) is 1. The molecule has 0 saturated carbocycles. The molecule has 1 amide bonds. The fourth-order valence-corrected chi connectivity index (χ4v) is 3.25. The zero-order valence-electron chi connectivity index (χ0n) is 18.1. The van der Waals surface area contributed by atoms with Gasteiger partial charge in [0.2, 0.25) is 5.96 Å². The summed E-state index contributed by atoms with van der Waals surface area (Å²) in [7, 11) is 1.90. The third-order valence-corrected chi connectivity index (χ3v) is 5.04. The molecule has 0 radical (unpaired) electrons. The van der Waals surface area contributed by atoms with Crippen LogP contribution in [-0.2, 0) is 13.6 Å². The van der Waals surface area contributed by atoms with Crippen molar-refractivity contribution in [2.75, 3.05) is 11.9 Å². The first-order valence-electron chi connectivity index (χ1n) is 9.97. The van der Waals surface area contributed by atoms with Gasteiger partial charge >= 0.3 is 0 Å². The first kappa shape index (κ1) is 22.4. The summed E-state index contributed by atoms with van der Waals surface area (Å²) in [4.78, 5) is 17.4. The number of nitrogens with one attached hydrogen (secondary N) is 2. The highest BCUT2D eigenvalue weighted by Gasteiger charge is 2.12. The Bertz CT molecular complexity index is 1090. The second-order valence-electron chi connectivity index (χ2n) is 6.98. The van der Waals surface area contributed by atoms with E-state index >= 15 is 0 Å². The van der Waals surface area contributed by atoms with E-state index in [1.165, 1.54) is 0 Å². The number of nitrogens with zero attached hydrogens (tertiary/aromatic N) is 3. The van der Waals surface area contributed by atoms with Crippen LogP contribution in [0.3, 0.4) is 0 Å². The summed E-state index contributed by atoms with van der Waals surface area (Å²) < 4.78 is 7.31. The van der Waals surface area contributed by atoms with Gasteiger partial charge in [0.15, 0.2) is 0 Å². The van der Waals surface area contributed by atoms with Crippen LogP contribution in [0.5, 0.6) is 5.75 Å². The van der Waals surface area contributed by atoms with Gasteiger partial charge in [0, 0.05) is 34.6 Å². The van der Waals surface area contributed by atoms with Gasteiger partial charge in [-0.05, 0) is 63.2 Å². The number of rotatable bonds is 6. The minimum Gasteiger partial charge on any atom is -0.494 e. The highest BCUT2D eigenvalue weighted by atomic mass is 35.5. The SMILES string of the molecule is CCOc1ccc(NC(=NCc2c(C)nn(C)c2C)NC(=O)c2cccc(Cl)c2)cc1. The molecule has 3 rings (SSSR count). The number of hydrogen-bond acceptors (Lipinski definition) is 4. The number of aryl methyl sites for hydroxylation is 2. The largest absolute Gasteiger partial charge is 0.494 e. The first-order valence-corrected chi connectivity index (χ1v) is 10.4. The molecule has 0 atom stereocenters. The highest BCUT2D eigenvalue weighted by Crippen LogP contribution is 2.17. The molecular weight excluding hydrogens is 414 g/mol. The van der Waals surface area contributed by atoms with Crippen molar-refractivity contribution >= 4 is 29.2 Å². The molecule has 162 valence electrons. The summed E-state index contributed by atoms with van der Waals surface area (Å²) >= 11 is 6.03. The highest BCUT2D eigenvalue weighted by molar-refractivity contribution is 6.31. The normalized spacial score (nSPS) is 11.3. The second kappa shape index (κ2) is 10.1. The predicted octanol–water partition coefficient (Wildman–Crippen LogP) is 4.49. The lowest BCUT2D eigenvalue weighted by Crippen LogP contribution is -2.36. The van der Waals surface area contributed by atoms with Gasteiger partial charge in [-0.15, -0.1) is 0 Å². The van der Waals surface area contributed by atoms with Crippen LogP contribution in [0.15, 0.2) is 53.5 Å². The van der Waals surface area contributed by atoms with Crippen LogP contribution in [0.4, 0.5) is 5.69 Å². The molecule has 0 fully saturated rings. The van der Waals surface area contributed by atoms with Crippen molar-refractivity contribution in [2.24, 2.45) is 12.0 Å². The summed E-state index contributed by atoms with van der Waals surface area (Å²) in [5, 5.41) is 11.0. The fourth-order valence-electron chi connectivity index (χ4n) is 3.06. The van der Waals surface area contributed by atoms with Gasteiger partial charge in [0.25, 0.3) is 5.91 Å². The number of carbonyl (C=O) groups excluding carboxylic acids is 1. The van der Waals surface area contributed by atoms with Crippen LogP contribution in [0, 0.1) is 13.8 Å². The molecule has 0 aliphatic heterocycles. The number of amides is 1. The van der Waals surface area contributed by atoms with Crippen LogP contribution >= 0.6 is 11.6 Å². The molecule has 0 aliphatic carbocycles. The summed E-state index contributed by atoms with van der Waals surface area (Å²) in [5.41, 5.74) is 4.18. The van der Waals surface area contributed by atoms with Crippen LogP contribution in [0.25, 0.3) is 0 Å².